The van der Waals surface area contributed by atoms with Gasteiger partial charge >= 0.3 is 5.97 Å². The van der Waals surface area contributed by atoms with Crippen molar-refractivity contribution in [3.63, 3.8) is 0 Å². The molecule has 1 aliphatic rings. The van der Waals surface area contributed by atoms with Gasteiger partial charge in [-0.3, -0.25) is 0 Å². The van der Waals surface area contributed by atoms with Crippen molar-refractivity contribution in [3.8, 4) is 11.1 Å². The number of carboxylic acids is 1. The lowest BCUT2D eigenvalue weighted by atomic mass is 9.96. The first-order valence-electron chi connectivity index (χ1n) is 6.20. The lowest BCUT2D eigenvalue weighted by Gasteiger charge is -2.09. The van der Waals surface area contributed by atoms with Crippen molar-refractivity contribution in [2.24, 2.45) is 0 Å². The van der Waals surface area contributed by atoms with Crippen LogP contribution in [-0.2, 0) is 12.8 Å². The summed E-state index contributed by atoms with van der Waals surface area (Å²) in [5.41, 5.74) is 5.35. The van der Waals surface area contributed by atoms with Crippen LogP contribution in [0, 0.1) is 0 Å². The molecule has 18 heavy (non-hydrogen) atoms. The number of rotatable bonds is 2. The van der Waals surface area contributed by atoms with Crippen molar-refractivity contribution in [1.29, 1.82) is 0 Å². The standard InChI is InChI=1S/C16H14O2/c17-16(18)13-7-1-6-12(10-13)15-9-3-5-11-4-2-8-14(11)15/h1,3,5-7,9-10H,2,4,8H2,(H,17,18). The number of hydrogen-bond acceptors (Lipinski definition) is 1. The predicted molar refractivity (Wildman–Crippen MR) is 70.9 cm³/mol. The summed E-state index contributed by atoms with van der Waals surface area (Å²) in [6.07, 6.45) is 3.44. The molecule has 0 saturated carbocycles. The molecule has 0 spiro atoms. The third-order valence-electron chi connectivity index (χ3n) is 3.57. The molecule has 2 aromatic rings. The van der Waals surface area contributed by atoms with Crippen LogP contribution in [0.5, 0.6) is 0 Å². The summed E-state index contributed by atoms with van der Waals surface area (Å²) in [6, 6.07) is 13.5. The molecule has 2 heteroatoms. The summed E-state index contributed by atoms with van der Waals surface area (Å²) in [4.78, 5) is 11.0. The fourth-order valence-electron chi connectivity index (χ4n) is 2.71. The van der Waals surface area contributed by atoms with Crippen molar-refractivity contribution in [2.75, 3.05) is 0 Å². The van der Waals surface area contributed by atoms with Crippen molar-refractivity contribution in [1.82, 2.24) is 0 Å². The Morgan fingerprint density at radius 2 is 1.89 bits per heavy atom. The molecule has 0 radical (unpaired) electrons. The second kappa shape index (κ2) is 4.30. The van der Waals surface area contributed by atoms with Crippen LogP contribution in [0.15, 0.2) is 42.5 Å². The molecule has 3 rings (SSSR count). The SMILES string of the molecule is O=C(O)c1cccc(-c2cccc3c2CCC3)c1. The Morgan fingerprint density at radius 1 is 1.06 bits per heavy atom. The highest BCUT2D eigenvalue weighted by Gasteiger charge is 2.15. The van der Waals surface area contributed by atoms with Gasteiger partial charge in [0.2, 0.25) is 0 Å². The minimum Gasteiger partial charge on any atom is -0.478 e. The minimum atomic E-state index is -0.871. The maximum atomic E-state index is 11.0. The fourth-order valence-corrected chi connectivity index (χ4v) is 2.71. The van der Waals surface area contributed by atoms with Crippen LogP contribution >= 0.6 is 0 Å². The van der Waals surface area contributed by atoms with Gasteiger partial charge in [-0.2, -0.15) is 0 Å². The number of aryl methyl sites for hydroxylation is 1. The van der Waals surface area contributed by atoms with E-state index in [1.54, 1.807) is 12.1 Å². The Bertz CT molecular complexity index is 614. The van der Waals surface area contributed by atoms with Gasteiger partial charge in [0.15, 0.2) is 0 Å². The number of aromatic carboxylic acids is 1. The topological polar surface area (TPSA) is 37.3 Å². The Kier molecular flexibility index (Phi) is 2.63. The average molecular weight is 238 g/mol. The molecule has 2 aromatic carbocycles. The van der Waals surface area contributed by atoms with E-state index in [9.17, 15) is 4.79 Å². The Morgan fingerprint density at radius 3 is 2.72 bits per heavy atom. The summed E-state index contributed by atoms with van der Waals surface area (Å²) in [5.74, 6) is -0.871. The molecule has 0 fully saturated rings. The molecular formula is C16H14O2. The van der Waals surface area contributed by atoms with Crippen molar-refractivity contribution in [3.05, 3.63) is 59.2 Å². The first kappa shape index (κ1) is 11.0. The number of fused-ring (bicyclic) bond motifs is 1. The molecule has 90 valence electrons. The van der Waals surface area contributed by atoms with Gasteiger partial charge in [0, 0.05) is 0 Å². The summed E-state index contributed by atoms with van der Waals surface area (Å²) >= 11 is 0. The van der Waals surface area contributed by atoms with Gasteiger partial charge in [0.1, 0.15) is 0 Å². The smallest absolute Gasteiger partial charge is 0.335 e. The van der Waals surface area contributed by atoms with E-state index in [0.717, 1.165) is 18.4 Å². The van der Waals surface area contributed by atoms with Gasteiger partial charge in [-0.1, -0.05) is 30.3 Å². The quantitative estimate of drug-likeness (QED) is 0.868. The van der Waals surface area contributed by atoms with E-state index in [1.165, 1.54) is 23.1 Å². The zero-order chi connectivity index (χ0) is 12.5. The summed E-state index contributed by atoms with van der Waals surface area (Å²) in [7, 11) is 0. The summed E-state index contributed by atoms with van der Waals surface area (Å²) in [5, 5.41) is 9.05. The molecule has 0 atom stereocenters. The Hall–Kier alpha value is -2.09. The van der Waals surface area contributed by atoms with E-state index in [-0.39, 0.29) is 0 Å². The molecule has 0 amide bonds. The lowest BCUT2D eigenvalue weighted by Crippen LogP contribution is -1.96. The molecule has 0 bridgehead atoms. The average Bonchev–Trinajstić information content (AvgIpc) is 2.87. The van der Waals surface area contributed by atoms with E-state index in [4.69, 9.17) is 5.11 Å². The third kappa shape index (κ3) is 1.80. The second-order valence-electron chi connectivity index (χ2n) is 4.68. The van der Waals surface area contributed by atoms with Crippen LogP contribution in [-0.4, -0.2) is 11.1 Å². The van der Waals surface area contributed by atoms with E-state index in [1.807, 2.05) is 12.1 Å². The first-order chi connectivity index (χ1) is 8.75. The van der Waals surface area contributed by atoms with Crippen molar-refractivity contribution >= 4 is 5.97 Å². The number of hydrogen-bond donors (Lipinski definition) is 1. The first-order valence-corrected chi connectivity index (χ1v) is 6.20. The van der Waals surface area contributed by atoms with Crippen LogP contribution in [0.3, 0.4) is 0 Å². The number of benzene rings is 2. The number of carbonyl (C=O) groups is 1. The molecule has 0 aromatic heterocycles. The van der Waals surface area contributed by atoms with Crippen LogP contribution in [0.25, 0.3) is 11.1 Å². The van der Waals surface area contributed by atoms with Gasteiger partial charge < -0.3 is 5.11 Å². The molecule has 0 aliphatic heterocycles. The van der Waals surface area contributed by atoms with E-state index >= 15 is 0 Å². The maximum Gasteiger partial charge on any atom is 0.335 e. The van der Waals surface area contributed by atoms with Gasteiger partial charge in [-0.05, 0) is 53.6 Å². The normalized spacial score (nSPS) is 13.3. The largest absolute Gasteiger partial charge is 0.478 e. The molecular weight excluding hydrogens is 224 g/mol. The molecule has 1 aliphatic carbocycles. The zero-order valence-corrected chi connectivity index (χ0v) is 10.0. The van der Waals surface area contributed by atoms with E-state index in [2.05, 4.69) is 18.2 Å². The third-order valence-corrected chi connectivity index (χ3v) is 3.57. The summed E-state index contributed by atoms with van der Waals surface area (Å²) in [6.45, 7) is 0. The maximum absolute atomic E-state index is 11.0. The highest BCUT2D eigenvalue weighted by atomic mass is 16.4. The zero-order valence-electron chi connectivity index (χ0n) is 10.0. The molecule has 1 N–H and O–H groups in total. The van der Waals surface area contributed by atoms with Gasteiger partial charge in [-0.25, -0.2) is 4.79 Å². The minimum absolute atomic E-state index is 0.350. The van der Waals surface area contributed by atoms with Crippen molar-refractivity contribution < 1.29 is 9.90 Å². The van der Waals surface area contributed by atoms with Crippen LogP contribution in [0.2, 0.25) is 0 Å². The molecule has 0 unspecified atom stereocenters. The monoisotopic (exact) mass is 238 g/mol. The Balaban J connectivity index is 2.13. The van der Waals surface area contributed by atoms with Crippen LogP contribution in [0.4, 0.5) is 0 Å². The predicted octanol–water partition coefficient (Wildman–Crippen LogP) is 3.54. The lowest BCUT2D eigenvalue weighted by molar-refractivity contribution is 0.0697. The second-order valence-corrected chi connectivity index (χ2v) is 4.68. The van der Waals surface area contributed by atoms with Gasteiger partial charge in [0.05, 0.1) is 5.56 Å². The fraction of sp³-hybridized carbons (Fsp3) is 0.188. The van der Waals surface area contributed by atoms with Gasteiger partial charge in [-0.15, -0.1) is 0 Å². The number of carboxylic acid groups (broad SMARTS) is 1. The molecule has 0 saturated heterocycles. The molecule has 2 nitrogen and oxygen atoms in total. The summed E-state index contributed by atoms with van der Waals surface area (Å²) < 4.78 is 0. The van der Waals surface area contributed by atoms with E-state index < -0.39 is 5.97 Å². The molecule has 0 heterocycles. The Labute approximate surface area is 106 Å². The van der Waals surface area contributed by atoms with E-state index in [0.29, 0.717) is 5.56 Å². The van der Waals surface area contributed by atoms with Gasteiger partial charge in [0.25, 0.3) is 0 Å². The van der Waals surface area contributed by atoms with Crippen LogP contribution < -0.4 is 0 Å². The van der Waals surface area contributed by atoms with Crippen LogP contribution in [0.1, 0.15) is 27.9 Å². The highest BCUT2D eigenvalue weighted by molar-refractivity contribution is 5.89. The highest BCUT2D eigenvalue weighted by Crippen LogP contribution is 2.32. The van der Waals surface area contributed by atoms with Crippen molar-refractivity contribution in [2.45, 2.75) is 19.3 Å².